The van der Waals surface area contributed by atoms with E-state index in [0.717, 1.165) is 32.8 Å². The molecule has 6 heteroatoms. The van der Waals surface area contributed by atoms with E-state index in [1.54, 1.807) is 18.3 Å². The molecule has 0 saturated heterocycles. The fourth-order valence-electron chi connectivity index (χ4n) is 4.15. The topological polar surface area (TPSA) is 101 Å². The number of amides is 2. The number of carbonyl (C=O) groups is 2. The molecule has 2 heterocycles. The average Bonchev–Trinajstić information content (AvgIpc) is 3.28. The Hall–Kier alpha value is -4.71. The number of nitrogens with one attached hydrogen (secondary N) is 2. The van der Waals surface area contributed by atoms with Crippen molar-refractivity contribution in [3.63, 3.8) is 0 Å². The van der Waals surface area contributed by atoms with Gasteiger partial charge in [0.2, 0.25) is 11.8 Å². The van der Waals surface area contributed by atoms with Gasteiger partial charge in [0.15, 0.2) is 0 Å². The molecule has 0 aliphatic rings. The van der Waals surface area contributed by atoms with E-state index in [2.05, 4.69) is 21.4 Å². The molecule has 172 valence electrons. The SMILES string of the molecule is CC(C(=O)Nc1ccc2c(C=C(C(N)=O)c3ccccc3)c[nH]c2n1)c1ccc2ccccc2c1. The lowest BCUT2D eigenvalue weighted by Gasteiger charge is -2.13. The highest BCUT2D eigenvalue weighted by Gasteiger charge is 2.17. The summed E-state index contributed by atoms with van der Waals surface area (Å²) in [5.41, 5.74) is 9.11. The van der Waals surface area contributed by atoms with E-state index in [1.807, 2.05) is 79.7 Å². The fraction of sp³-hybridized carbons (Fsp3) is 0.0690. The molecular weight excluding hydrogens is 436 g/mol. The molecule has 1 unspecified atom stereocenters. The zero-order chi connectivity index (χ0) is 24.4. The molecule has 2 amide bonds. The van der Waals surface area contributed by atoms with Gasteiger partial charge in [-0.05, 0) is 47.0 Å². The maximum Gasteiger partial charge on any atom is 0.249 e. The van der Waals surface area contributed by atoms with Gasteiger partial charge in [-0.15, -0.1) is 0 Å². The van der Waals surface area contributed by atoms with Crippen molar-refractivity contribution in [3.05, 3.63) is 108 Å². The van der Waals surface area contributed by atoms with Crippen molar-refractivity contribution in [3.8, 4) is 0 Å². The number of aromatic nitrogens is 2. The molecule has 0 aliphatic heterocycles. The van der Waals surface area contributed by atoms with Crippen molar-refractivity contribution >= 4 is 51.1 Å². The normalized spacial score (nSPS) is 12.5. The number of pyridine rings is 1. The molecule has 5 aromatic rings. The summed E-state index contributed by atoms with van der Waals surface area (Å²) in [5.74, 6) is -0.544. The minimum atomic E-state index is -0.509. The second-order valence-corrected chi connectivity index (χ2v) is 8.44. The van der Waals surface area contributed by atoms with Crippen LogP contribution >= 0.6 is 0 Å². The minimum absolute atomic E-state index is 0.140. The molecule has 0 saturated carbocycles. The summed E-state index contributed by atoms with van der Waals surface area (Å²) in [7, 11) is 0. The largest absolute Gasteiger partial charge is 0.366 e. The van der Waals surface area contributed by atoms with Crippen LogP contribution in [0.1, 0.15) is 29.5 Å². The highest BCUT2D eigenvalue weighted by Crippen LogP contribution is 2.26. The van der Waals surface area contributed by atoms with E-state index in [0.29, 0.717) is 17.0 Å². The van der Waals surface area contributed by atoms with Crippen LogP contribution in [0.2, 0.25) is 0 Å². The molecule has 0 fully saturated rings. The Morgan fingerprint density at radius 3 is 2.46 bits per heavy atom. The van der Waals surface area contributed by atoms with Gasteiger partial charge in [0.05, 0.1) is 5.92 Å². The summed E-state index contributed by atoms with van der Waals surface area (Å²) in [6.45, 7) is 1.88. The highest BCUT2D eigenvalue weighted by molar-refractivity contribution is 6.24. The van der Waals surface area contributed by atoms with Crippen molar-refractivity contribution in [2.45, 2.75) is 12.8 Å². The molecule has 4 N–H and O–H groups in total. The van der Waals surface area contributed by atoms with Crippen LogP contribution in [0.5, 0.6) is 0 Å². The number of aromatic amines is 1. The third-order valence-electron chi connectivity index (χ3n) is 6.14. The molecule has 2 aromatic heterocycles. The van der Waals surface area contributed by atoms with Crippen LogP contribution in [-0.2, 0) is 9.59 Å². The number of primary amides is 1. The van der Waals surface area contributed by atoms with Crippen molar-refractivity contribution in [2.75, 3.05) is 5.32 Å². The monoisotopic (exact) mass is 460 g/mol. The molecule has 6 nitrogen and oxygen atoms in total. The number of fused-ring (bicyclic) bond motifs is 2. The summed E-state index contributed by atoms with van der Waals surface area (Å²) in [6.07, 6.45) is 3.52. The van der Waals surface area contributed by atoms with E-state index >= 15 is 0 Å². The molecule has 0 radical (unpaired) electrons. The van der Waals surface area contributed by atoms with Crippen LogP contribution in [-0.4, -0.2) is 21.8 Å². The van der Waals surface area contributed by atoms with Gasteiger partial charge in [0.25, 0.3) is 0 Å². The summed E-state index contributed by atoms with van der Waals surface area (Å²) in [5, 5.41) is 5.97. The van der Waals surface area contributed by atoms with Crippen LogP contribution in [0.15, 0.2) is 91.1 Å². The number of H-pyrrole nitrogens is 1. The number of nitrogens with zero attached hydrogens (tertiary/aromatic N) is 1. The number of hydrogen-bond acceptors (Lipinski definition) is 3. The zero-order valence-electron chi connectivity index (χ0n) is 19.2. The van der Waals surface area contributed by atoms with E-state index < -0.39 is 5.91 Å². The van der Waals surface area contributed by atoms with Gasteiger partial charge < -0.3 is 16.0 Å². The number of carbonyl (C=O) groups excluding carboxylic acids is 2. The molecule has 0 spiro atoms. The molecular formula is C29H24N4O2. The molecule has 3 aromatic carbocycles. The van der Waals surface area contributed by atoms with Gasteiger partial charge in [-0.1, -0.05) is 72.8 Å². The first-order valence-corrected chi connectivity index (χ1v) is 11.3. The standard InChI is InChI=1S/C29H24N4O2/c1-18(21-12-11-19-7-5-6-10-22(19)15-21)29(35)33-26-14-13-24-23(17-31-28(24)32-26)16-25(27(30)34)20-8-3-2-4-9-20/h2-18H,1H3,(H2,30,34)(H2,31,32,33,35). The Morgan fingerprint density at radius 1 is 0.943 bits per heavy atom. The first kappa shape index (κ1) is 22.1. The Balaban J connectivity index is 1.38. The second-order valence-electron chi connectivity index (χ2n) is 8.44. The second kappa shape index (κ2) is 9.27. The maximum absolute atomic E-state index is 12.9. The summed E-state index contributed by atoms with van der Waals surface area (Å²) >= 11 is 0. The highest BCUT2D eigenvalue weighted by atomic mass is 16.2. The Labute approximate surface area is 202 Å². The first-order chi connectivity index (χ1) is 17.0. The third kappa shape index (κ3) is 4.54. The smallest absolute Gasteiger partial charge is 0.249 e. The van der Waals surface area contributed by atoms with Gasteiger partial charge in [0.1, 0.15) is 11.5 Å². The number of rotatable bonds is 6. The van der Waals surface area contributed by atoms with Crippen molar-refractivity contribution in [1.82, 2.24) is 9.97 Å². The van der Waals surface area contributed by atoms with Gasteiger partial charge in [-0.2, -0.15) is 0 Å². The van der Waals surface area contributed by atoms with E-state index in [9.17, 15) is 9.59 Å². The lowest BCUT2D eigenvalue weighted by molar-refractivity contribution is -0.117. The van der Waals surface area contributed by atoms with Crippen LogP contribution in [0, 0.1) is 0 Å². The molecule has 0 aliphatic carbocycles. The van der Waals surface area contributed by atoms with Crippen molar-refractivity contribution in [1.29, 1.82) is 0 Å². The Bertz CT molecular complexity index is 1580. The van der Waals surface area contributed by atoms with Crippen molar-refractivity contribution in [2.24, 2.45) is 5.73 Å². The quantitative estimate of drug-likeness (QED) is 0.292. The van der Waals surface area contributed by atoms with E-state index in [4.69, 9.17) is 5.73 Å². The van der Waals surface area contributed by atoms with Gasteiger partial charge in [-0.25, -0.2) is 4.98 Å². The maximum atomic E-state index is 12.9. The van der Waals surface area contributed by atoms with Crippen LogP contribution in [0.25, 0.3) is 33.5 Å². The van der Waals surface area contributed by atoms with Gasteiger partial charge >= 0.3 is 0 Å². The predicted octanol–water partition coefficient (Wildman–Crippen LogP) is 5.48. The number of hydrogen-bond donors (Lipinski definition) is 3. The van der Waals surface area contributed by atoms with Crippen LogP contribution < -0.4 is 11.1 Å². The Kier molecular flexibility index (Phi) is 5.85. The molecule has 5 rings (SSSR count). The summed E-state index contributed by atoms with van der Waals surface area (Å²) in [6, 6.07) is 27.0. The molecule has 1 atom stereocenters. The summed E-state index contributed by atoms with van der Waals surface area (Å²) < 4.78 is 0. The fourth-order valence-corrected chi connectivity index (χ4v) is 4.15. The van der Waals surface area contributed by atoms with Gasteiger partial charge in [-0.3, -0.25) is 9.59 Å². The molecule has 0 bridgehead atoms. The summed E-state index contributed by atoms with van der Waals surface area (Å²) in [4.78, 5) is 32.7. The lowest BCUT2D eigenvalue weighted by atomic mass is 9.97. The molecule has 35 heavy (non-hydrogen) atoms. The Morgan fingerprint density at radius 2 is 1.69 bits per heavy atom. The number of anilines is 1. The predicted molar refractivity (Wildman–Crippen MR) is 141 cm³/mol. The van der Waals surface area contributed by atoms with E-state index in [-0.39, 0.29) is 11.8 Å². The lowest BCUT2D eigenvalue weighted by Crippen LogP contribution is -2.19. The van der Waals surface area contributed by atoms with Crippen molar-refractivity contribution < 1.29 is 9.59 Å². The zero-order valence-corrected chi connectivity index (χ0v) is 19.2. The van der Waals surface area contributed by atoms with Gasteiger partial charge in [0, 0.05) is 22.7 Å². The number of benzene rings is 3. The van der Waals surface area contributed by atoms with Crippen LogP contribution in [0.4, 0.5) is 5.82 Å². The number of nitrogens with two attached hydrogens (primary N) is 1. The average molecular weight is 461 g/mol. The first-order valence-electron chi connectivity index (χ1n) is 11.3. The van der Waals surface area contributed by atoms with Crippen LogP contribution in [0.3, 0.4) is 0 Å². The third-order valence-corrected chi connectivity index (χ3v) is 6.14. The minimum Gasteiger partial charge on any atom is -0.366 e. The van der Waals surface area contributed by atoms with E-state index in [1.165, 1.54) is 0 Å².